The molecular weight excluding hydrogens is 500 g/mol. The minimum absolute atomic E-state index is 0.0169. The molecule has 5 aliphatic rings. The van der Waals surface area contributed by atoms with Crippen LogP contribution in [0.25, 0.3) is 0 Å². The Morgan fingerprint density at radius 1 is 0.974 bits per heavy atom. The lowest BCUT2D eigenvalue weighted by Crippen LogP contribution is -2.63. The van der Waals surface area contributed by atoms with Crippen LogP contribution in [-0.4, -0.2) is 103 Å². The molecule has 0 radical (unpaired) electrons. The van der Waals surface area contributed by atoms with Crippen LogP contribution in [0.5, 0.6) is 0 Å². The lowest BCUT2D eigenvalue weighted by Gasteiger charge is -2.63. The van der Waals surface area contributed by atoms with Gasteiger partial charge >= 0.3 is 5.97 Å². The number of hydrogen-bond acceptors (Lipinski definition) is 10. The molecule has 0 bridgehead atoms. The number of Topliss-reactive ketones (excluding diaryl/α,β-unsaturated/α-hetero) is 1. The zero-order chi connectivity index (χ0) is 27.8. The van der Waals surface area contributed by atoms with Gasteiger partial charge in [-0.25, -0.2) is 4.79 Å². The zero-order valence-electron chi connectivity index (χ0n) is 22.0. The first kappa shape index (κ1) is 28.4. The molecule has 4 aliphatic carbocycles. The Hall–Kier alpha value is -1.18. The molecule has 7 N–H and O–H groups in total. The van der Waals surface area contributed by atoms with Crippen LogP contribution in [0.2, 0.25) is 0 Å². The van der Waals surface area contributed by atoms with Gasteiger partial charge in [-0.05, 0) is 80.5 Å². The smallest absolute Gasteiger partial charge is 0.335 e. The highest BCUT2D eigenvalue weighted by Crippen LogP contribution is 2.68. The minimum Gasteiger partial charge on any atom is -0.479 e. The molecule has 0 aromatic rings. The van der Waals surface area contributed by atoms with Crippen LogP contribution in [0.15, 0.2) is 0 Å². The van der Waals surface area contributed by atoms with Crippen molar-refractivity contribution in [1.82, 2.24) is 0 Å². The van der Waals surface area contributed by atoms with Crippen LogP contribution in [0.4, 0.5) is 0 Å². The van der Waals surface area contributed by atoms with Gasteiger partial charge in [-0.1, -0.05) is 13.8 Å². The van der Waals surface area contributed by atoms with E-state index in [0.29, 0.717) is 32.1 Å². The maximum absolute atomic E-state index is 12.6. The SMILES string of the molecule is C[C@]12CC[C@@H](O[C@@H]3O[C@H](C(=O)O)[C@@H](O)[C@H](O)[C@H]3O)CC1CC[C@@H]1[C@@H]2[C@@H](O)C[C@@]2(C)[C@H]1CC[C@]2(O)C(=O)CO. The quantitative estimate of drug-likeness (QED) is 0.223. The summed E-state index contributed by atoms with van der Waals surface area (Å²) in [5.41, 5.74) is -2.64. The van der Waals surface area contributed by atoms with E-state index in [0.717, 1.165) is 19.3 Å². The Morgan fingerprint density at radius 2 is 1.68 bits per heavy atom. The summed E-state index contributed by atoms with van der Waals surface area (Å²) in [6.45, 7) is 3.37. The first-order chi connectivity index (χ1) is 17.8. The van der Waals surface area contributed by atoms with Gasteiger partial charge in [-0.2, -0.15) is 0 Å². The van der Waals surface area contributed by atoms with Gasteiger partial charge < -0.3 is 45.2 Å². The van der Waals surface area contributed by atoms with Gasteiger partial charge in [-0.3, -0.25) is 4.79 Å². The van der Waals surface area contributed by atoms with E-state index in [-0.39, 0.29) is 35.2 Å². The number of aliphatic hydroxyl groups is 6. The maximum Gasteiger partial charge on any atom is 0.335 e. The summed E-state index contributed by atoms with van der Waals surface area (Å²) in [7, 11) is 0. The van der Waals surface area contributed by atoms with Crippen molar-refractivity contribution in [3.05, 3.63) is 0 Å². The second kappa shape index (κ2) is 9.73. The van der Waals surface area contributed by atoms with Crippen molar-refractivity contribution in [2.24, 2.45) is 34.5 Å². The standard InChI is InChI=1S/C27H42O11/c1-25-7-5-13(37-24-21(33)19(31)20(32)22(38-24)23(34)35)9-12(25)3-4-14-15-6-8-27(36,17(30)11-28)26(15,2)10-16(29)18(14)25/h12-16,18-22,24,28-29,31-33,36H,3-11H2,1-2H3,(H,34,35)/t12?,13-,14+,15+,16+,18-,19+,20+,21-,22+,24-,25+,26+,27+/m1/s1. The third-order valence-corrected chi connectivity index (χ3v) is 11.4. The molecule has 0 spiro atoms. The van der Waals surface area contributed by atoms with Crippen molar-refractivity contribution >= 4 is 11.8 Å². The Morgan fingerprint density at radius 3 is 2.34 bits per heavy atom. The molecule has 38 heavy (non-hydrogen) atoms. The van der Waals surface area contributed by atoms with Crippen LogP contribution in [-0.2, 0) is 19.1 Å². The van der Waals surface area contributed by atoms with Crippen LogP contribution in [0.3, 0.4) is 0 Å². The summed E-state index contributed by atoms with van der Waals surface area (Å²) in [4.78, 5) is 24.0. The zero-order valence-corrected chi connectivity index (χ0v) is 22.0. The monoisotopic (exact) mass is 542 g/mol. The highest BCUT2D eigenvalue weighted by molar-refractivity contribution is 5.89. The molecule has 11 nitrogen and oxygen atoms in total. The number of carbonyl (C=O) groups is 2. The maximum atomic E-state index is 12.6. The van der Waals surface area contributed by atoms with Gasteiger partial charge in [0.2, 0.25) is 0 Å². The molecule has 1 heterocycles. The van der Waals surface area contributed by atoms with Gasteiger partial charge in [0.15, 0.2) is 18.2 Å². The molecule has 4 saturated carbocycles. The molecule has 0 aromatic carbocycles. The molecule has 1 saturated heterocycles. The van der Waals surface area contributed by atoms with E-state index in [1.807, 2.05) is 6.92 Å². The van der Waals surface area contributed by atoms with Crippen LogP contribution in [0.1, 0.15) is 65.2 Å². The fourth-order valence-corrected chi connectivity index (χ4v) is 9.42. The van der Waals surface area contributed by atoms with E-state index in [4.69, 9.17) is 9.47 Å². The second-order valence-electron chi connectivity index (χ2n) is 13.0. The number of rotatable bonds is 5. The first-order valence-electron chi connectivity index (χ1n) is 13.9. The Labute approximate surface area is 221 Å². The molecule has 5 rings (SSSR count). The van der Waals surface area contributed by atoms with Crippen molar-refractivity contribution in [1.29, 1.82) is 0 Å². The number of carboxylic acids is 1. The van der Waals surface area contributed by atoms with E-state index in [9.17, 15) is 45.3 Å². The Balaban J connectivity index is 1.31. The molecule has 14 atom stereocenters. The summed E-state index contributed by atoms with van der Waals surface area (Å²) in [6.07, 6.45) is -4.37. The van der Waals surface area contributed by atoms with Gasteiger partial charge in [0.05, 0.1) is 12.2 Å². The van der Waals surface area contributed by atoms with E-state index in [2.05, 4.69) is 6.92 Å². The molecule has 1 unspecified atom stereocenters. The van der Waals surface area contributed by atoms with Crippen LogP contribution < -0.4 is 0 Å². The second-order valence-corrected chi connectivity index (χ2v) is 13.0. The van der Waals surface area contributed by atoms with Gasteiger partial charge in [0, 0.05) is 5.41 Å². The van der Waals surface area contributed by atoms with E-state index < -0.39 is 66.2 Å². The third-order valence-electron chi connectivity index (χ3n) is 11.4. The number of carbonyl (C=O) groups excluding carboxylic acids is 1. The van der Waals surface area contributed by atoms with E-state index in [1.165, 1.54) is 0 Å². The minimum atomic E-state index is -1.77. The van der Waals surface area contributed by atoms with Crippen molar-refractivity contribution in [2.45, 2.75) is 114 Å². The van der Waals surface area contributed by atoms with Gasteiger partial charge in [0.25, 0.3) is 0 Å². The number of aliphatic carboxylic acids is 1. The Bertz CT molecular complexity index is 944. The van der Waals surface area contributed by atoms with E-state index in [1.54, 1.807) is 0 Å². The van der Waals surface area contributed by atoms with E-state index >= 15 is 0 Å². The Kier molecular flexibility index (Phi) is 7.26. The van der Waals surface area contributed by atoms with Gasteiger partial charge in [-0.15, -0.1) is 0 Å². The molecule has 216 valence electrons. The lowest BCUT2D eigenvalue weighted by molar-refractivity contribution is -0.310. The summed E-state index contributed by atoms with van der Waals surface area (Å²) in [5.74, 6) is -1.65. The predicted octanol–water partition coefficient (Wildman–Crippen LogP) is -0.430. The summed E-state index contributed by atoms with van der Waals surface area (Å²) in [6, 6.07) is 0. The highest BCUT2D eigenvalue weighted by atomic mass is 16.7. The number of aliphatic hydroxyl groups excluding tert-OH is 5. The average Bonchev–Trinajstić information content (AvgIpc) is 3.14. The van der Waals surface area contributed by atoms with Crippen molar-refractivity contribution in [2.75, 3.05) is 6.61 Å². The summed E-state index contributed by atoms with van der Waals surface area (Å²) in [5, 5.41) is 72.2. The van der Waals surface area contributed by atoms with Crippen molar-refractivity contribution in [3.63, 3.8) is 0 Å². The molecule has 1 aliphatic heterocycles. The molecular formula is C27H42O11. The number of ether oxygens (including phenoxy) is 2. The number of hydrogen-bond donors (Lipinski definition) is 7. The average molecular weight is 543 g/mol. The largest absolute Gasteiger partial charge is 0.479 e. The summed E-state index contributed by atoms with van der Waals surface area (Å²) >= 11 is 0. The fourth-order valence-electron chi connectivity index (χ4n) is 9.42. The van der Waals surface area contributed by atoms with Crippen molar-refractivity contribution < 1.29 is 54.8 Å². The van der Waals surface area contributed by atoms with Crippen LogP contribution >= 0.6 is 0 Å². The van der Waals surface area contributed by atoms with Crippen molar-refractivity contribution in [3.8, 4) is 0 Å². The predicted molar refractivity (Wildman–Crippen MR) is 129 cm³/mol. The topological polar surface area (TPSA) is 194 Å². The van der Waals surface area contributed by atoms with Crippen LogP contribution in [0, 0.1) is 34.5 Å². The molecule has 5 fully saturated rings. The number of carboxylic acid groups (broad SMARTS) is 1. The number of ketones is 1. The first-order valence-corrected chi connectivity index (χ1v) is 13.9. The summed E-state index contributed by atoms with van der Waals surface area (Å²) < 4.78 is 11.3. The molecule has 11 heteroatoms. The number of fused-ring (bicyclic) bond motifs is 5. The van der Waals surface area contributed by atoms with Gasteiger partial charge in [0.1, 0.15) is 30.5 Å². The fraction of sp³-hybridized carbons (Fsp3) is 0.926. The molecule has 0 aromatic heterocycles. The highest BCUT2D eigenvalue weighted by Gasteiger charge is 2.68. The lowest BCUT2D eigenvalue weighted by atomic mass is 9.43. The third kappa shape index (κ3) is 4.00. The normalized spacial score (nSPS) is 54.5. The molecule has 0 amide bonds.